The molecule has 4 heteroatoms. The Balaban J connectivity index is 1.26. The Morgan fingerprint density at radius 3 is 2.63 bits per heavy atom. The maximum atomic E-state index is 13.5. The predicted molar refractivity (Wildman–Crippen MR) is 118 cm³/mol. The van der Waals surface area contributed by atoms with E-state index in [4.69, 9.17) is 4.74 Å². The smallest absolute Gasteiger partial charge is 0.226 e. The molecule has 4 aliphatic carbocycles. The lowest BCUT2D eigenvalue weighted by Crippen LogP contribution is -2.63. The maximum Gasteiger partial charge on any atom is 0.226 e. The normalized spacial score (nSPS) is 50.7. The Morgan fingerprint density at radius 2 is 1.87 bits per heavy atom. The van der Waals surface area contributed by atoms with Crippen molar-refractivity contribution >= 4 is 5.91 Å². The Labute approximate surface area is 183 Å². The number of ether oxygens (including phenoxy) is 1. The molecule has 0 unspecified atom stereocenters. The Bertz CT molecular complexity index is 667. The minimum Gasteiger partial charge on any atom is -0.387 e. The van der Waals surface area contributed by atoms with Gasteiger partial charge in [-0.2, -0.15) is 0 Å². The number of carbonyl (C=O) groups excluding carboxylic acids is 1. The summed E-state index contributed by atoms with van der Waals surface area (Å²) in [7, 11) is 1.71. The lowest BCUT2D eigenvalue weighted by molar-refractivity contribution is -0.189. The van der Waals surface area contributed by atoms with Gasteiger partial charge in [0.15, 0.2) is 0 Å². The van der Waals surface area contributed by atoms with E-state index >= 15 is 0 Å². The second-order valence-corrected chi connectivity index (χ2v) is 12.0. The second kappa shape index (κ2) is 7.76. The quantitative estimate of drug-likeness (QED) is 0.727. The highest BCUT2D eigenvalue weighted by atomic mass is 16.5. The highest BCUT2D eigenvalue weighted by Crippen LogP contribution is 2.67. The molecule has 5 rings (SSSR count). The van der Waals surface area contributed by atoms with E-state index in [1.807, 2.05) is 0 Å². The number of carbonyl (C=O) groups is 1. The van der Waals surface area contributed by atoms with Gasteiger partial charge in [0.2, 0.25) is 5.91 Å². The summed E-state index contributed by atoms with van der Waals surface area (Å²) in [5, 5.41) is 10.9. The second-order valence-electron chi connectivity index (χ2n) is 12.0. The van der Waals surface area contributed by atoms with Gasteiger partial charge in [-0.25, -0.2) is 0 Å². The number of piperidine rings is 1. The molecule has 0 aromatic carbocycles. The summed E-state index contributed by atoms with van der Waals surface area (Å²) < 4.78 is 5.33. The first kappa shape index (κ1) is 21.2. The van der Waals surface area contributed by atoms with Gasteiger partial charge < -0.3 is 14.7 Å². The number of likely N-dealkylation sites (tertiary alicyclic amines) is 1. The van der Waals surface area contributed by atoms with Crippen molar-refractivity contribution in [3.8, 4) is 0 Å². The van der Waals surface area contributed by atoms with Crippen LogP contribution in [0.1, 0.15) is 84.5 Å². The zero-order valence-electron chi connectivity index (χ0n) is 19.4. The van der Waals surface area contributed by atoms with Crippen LogP contribution in [0.4, 0.5) is 0 Å². The minimum atomic E-state index is -0.592. The Morgan fingerprint density at radius 1 is 1.07 bits per heavy atom. The maximum absolute atomic E-state index is 13.5. The van der Waals surface area contributed by atoms with Crippen LogP contribution in [0.2, 0.25) is 0 Å². The van der Waals surface area contributed by atoms with Crippen LogP contribution >= 0.6 is 0 Å². The molecule has 9 atom stereocenters. The highest BCUT2D eigenvalue weighted by Gasteiger charge is 2.63. The number of hydrogen-bond acceptors (Lipinski definition) is 3. The third kappa shape index (κ3) is 3.27. The average molecular weight is 418 g/mol. The van der Waals surface area contributed by atoms with Gasteiger partial charge in [0.05, 0.1) is 12.2 Å². The van der Waals surface area contributed by atoms with E-state index in [-0.39, 0.29) is 11.3 Å². The van der Waals surface area contributed by atoms with Crippen LogP contribution in [-0.4, -0.2) is 47.8 Å². The first-order valence-electron chi connectivity index (χ1n) is 12.9. The van der Waals surface area contributed by atoms with E-state index < -0.39 is 5.60 Å². The summed E-state index contributed by atoms with van der Waals surface area (Å²) in [4.78, 5) is 15.7. The van der Waals surface area contributed by atoms with E-state index in [1.165, 1.54) is 51.4 Å². The lowest BCUT2D eigenvalue weighted by Gasteiger charge is -2.65. The summed E-state index contributed by atoms with van der Waals surface area (Å²) in [5.74, 6) is 4.64. The van der Waals surface area contributed by atoms with Crippen molar-refractivity contribution in [1.82, 2.24) is 4.90 Å². The molecule has 5 aliphatic rings. The van der Waals surface area contributed by atoms with Gasteiger partial charge in [-0.1, -0.05) is 6.92 Å². The van der Waals surface area contributed by atoms with Gasteiger partial charge >= 0.3 is 0 Å². The third-order valence-electron chi connectivity index (χ3n) is 10.6. The predicted octanol–water partition coefficient (Wildman–Crippen LogP) is 4.64. The molecule has 1 heterocycles. The third-order valence-corrected chi connectivity index (χ3v) is 10.6. The van der Waals surface area contributed by atoms with Crippen molar-refractivity contribution in [2.45, 2.75) is 96.1 Å². The van der Waals surface area contributed by atoms with Crippen molar-refractivity contribution in [2.24, 2.45) is 40.9 Å². The van der Waals surface area contributed by atoms with Crippen molar-refractivity contribution in [2.75, 3.05) is 20.3 Å². The molecule has 1 saturated heterocycles. The number of nitrogens with zero attached hydrogens (tertiary/aromatic N) is 1. The van der Waals surface area contributed by atoms with Gasteiger partial charge in [0.25, 0.3) is 0 Å². The van der Waals surface area contributed by atoms with Gasteiger partial charge in [-0.05, 0) is 113 Å². The fourth-order valence-electron chi connectivity index (χ4n) is 8.96. The molecular formula is C26H43NO3. The fourth-order valence-corrected chi connectivity index (χ4v) is 8.96. The standard InChI is InChI=1S/C26H43NO3/c1-17-6-4-5-13-27(17)24(28)23-14-22-21-8-7-18-15-26(29,16-30-3)12-10-19(18)20(21)9-11-25(22,23)2/h17-23,29H,4-16H2,1-3H3/t17-,18+,19-,20+,21+,22-,23+,25-,26+/m0/s1. The monoisotopic (exact) mass is 417 g/mol. The number of amides is 1. The molecule has 0 aromatic rings. The van der Waals surface area contributed by atoms with Crippen molar-refractivity contribution in [3.63, 3.8) is 0 Å². The molecule has 30 heavy (non-hydrogen) atoms. The molecule has 1 amide bonds. The molecule has 0 aromatic heterocycles. The van der Waals surface area contributed by atoms with Crippen molar-refractivity contribution in [3.05, 3.63) is 0 Å². The van der Waals surface area contributed by atoms with Crippen molar-refractivity contribution < 1.29 is 14.6 Å². The molecule has 1 aliphatic heterocycles. The summed E-state index contributed by atoms with van der Waals surface area (Å²) in [5.41, 5.74) is -0.348. The van der Waals surface area contributed by atoms with Gasteiger partial charge in [-0.15, -0.1) is 0 Å². The first-order chi connectivity index (χ1) is 14.4. The molecule has 170 valence electrons. The van der Waals surface area contributed by atoms with Gasteiger partial charge in [-0.3, -0.25) is 4.79 Å². The summed E-state index contributed by atoms with van der Waals surface area (Å²) in [6, 6.07) is 0.439. The zero-order chi connectivity index (χ0) is 21.1. The Hall–Kier alpha value is -0.610. The van der Waals surface area contributed by atoms with Gasteiger partial charge in [0, 0.05) is 25.6 Å². The molecule has 0 spiro atoms. The van der Waals surface area contributed by atoms with E-state index in [1.54, 1.807) is 7.11 Å². The van der Waals surface area contributed by atoms with E-state index in [0.29, 0.717) is 24.5 Å². The first-order valence-corrected chi connectivity index (χ1v) is 12.9. The zero-order valence-corrected chi connectivity index (χ0v) is 19.4. The number of hydrogen-bond donors (Lipinski definition) is 1. The van der Waals surface area contributed by atoms with Crippen LogP contribution in [-0.2, 0) is 9.53 Å². The van der Waals surface area contributed by atoms with Crippen LogP contribution in [0.25, 0.3) is 0 Å². The van der Waals surface area contributed by atoms with Crippen LogP contribution in [0.3, 0.4) is 0 Å². The SMILES string of the molecule is COC[C@@]1(O)CC[C@H]2[C@H](CC[C@@H]3[C@@H]2CC[C@]2(C)[C@@H](C(=O)N4CCCC[C@@H]4C)C[C@@H]32)C1. The average Bonchev–Trinajstić information content (AvgIpc) is 2.71. The van der Waals surface area contributed by atoms with Crippen LogP contribution in [0.5, 0.6) is 0 Å². The molecular weight excluding hydrogens is 374 g/mol. The molecule has 0 radical (unpaired) electrons. The number of aliphatic hydroxyl groups is 1. The molecule has 5 fully saturated rings. The topological polar surface area (TPSA) is 49.8 Å². The largest absolute Gasteiger partial charge is 0.387 e. The fraction of sp³-hybridized carbons (Fsp3) is 0.962. The molecule has 4 saturated carbocycles. The van der Waals surface area contributed by atoms with Crippen LogP contribution in [0, 0.1) is 40.9 Å². The van der Waals surface area contributed by atoms with Crippen LogP contribution < -0.4 is 0 Å². The van der Waals surface area contributed by atoms with E-state index in [0.717, 1.165) is 49.5 Å². The van der Waals surface area contributed by atoms with Crippen molar-refractivity contribution in [1.29, 1.82) is 0 Å². The minimum absolute atomic E-state index is 0.244. The highest BCUT2D eigenvalue weighted by molar-refractivity contribution is 5.81. The summed E-state index contributed by atoms with van der Waals surface area (Å²) in [6.07, 6.45) is 12.9. The number of methoxy groups -OCH3 is 1. The Kier molecular flexibility index (Phi) is 5.50. The lowest BCUT2D eigenvalue weighted by atomic mass is 9.40. The summed E-state index contributed by atoms with van der Waals surface area (Å²) in [6.45, 7) is 6.18. The molecule has 1 N–H and O–H groups in total. The van der Waals surface area contributed by atoms with E-state index in [9.17, 15) is 9.90 Å². The molecule has 0 bridgehead atoms. The number of rotatable bonds is 3. The van der Waals surface area contributed by atoms with E-state index in [2.05, 4.69) is 18.7 Å². The number of fused-ring (bicyclic) bond motifs is 5. The molecule has 4 nitrogen and oxygen atoms in total. The summed E-state index contributed by atoms with van der Waals surface area (Å²) >= 11 is 0. The van der Waals surface area contributed by atoms with Crippen LogP contribution in [0.15, 0.2) is 0 Å². The van der Waals surface area contributed by atoms with Gasteiger partial charge in [0.1, 0.15) is 0 Å².